The van der Waals surface area contributed by atoms with Crippen molar-refractivity contribution in [2.45, 2.75) is 6.54 Å². The van der Waals surface area contributed by atoms with Crippen molar-refractivity contribution in [2.75, 3.05) is 19.6 Å². The third-order valence-electron chi connectivity index (χ3n) is 2.72. The molecule has 0 aliphatic carbocycles. The Morgan fingerprint density at radius 3 is 2.47 bits per heavy atom. The molecule has 0 N–H and O–H groups in total. The fourth-order valence-corrected chi connectivity index (χ4v) is 1.89. The van der Waals surface area contributed by atoms with E-state index in [1.165, 1.54) is 4.90 Å². The van der Waals surface area contributed by atoms with E-state index in [9.17, 15) is 14.7 Å². The van der Waals surface area contributed by atoms with Crippen molar-refractivity contribution in [2.24, 2.45) is 0 Å². The van der Waals surface area contributed by atoms with E-state index in [2.05, 4.69) is 0 Å². The summed E-state index contributed by atoms with van der Waals surface area (Å²) in [7, 11) is 0. The predicted molar refractivity (Wildman–Crippen MR) is 58.8 cm³/mol. The van der Waals surface area contributed by atoms with Crippen molar-refractivity contribution in [3.8, 4) is 0 Å². The minimum absolute atomic E-state index is 0.238. The predicted octanol–water partition coefficient (Wildman–Crippen LogP) is -0.326. The van der Waals surface area contributed by atoms with Gasteiger partial charge in [-0.05, 0) is 5.56 Å². The zero-order valence-corrected chi connectivity index (χ0v) is 9.33. The van der Waals surface area contributed by atoms with Gasteiger partial charge in [-0.1, -0.05) is 30.3 Å². The van der Waals surface area contributed by atoms with Crippen LogP contribution in [0.15, 0.2) is 30.3 Å². The first-order valence-electron chi connectivity index (χ1n) is 5.44. The Balaban J connectivity index is 1.96. The number of hydrogen-bond acceptors (Lipinski definition) is 3. The maximum atomic E-state index is 11.8. The molecule has 0 spiro atoms. The number of nitrogens with zero attached hydrogens (tertiary/aromatic N) is 2. The minimum atomic E-state index is -1.22. The van der Waals surface area contributed by atoms with Crippen molar-refractivity contribution in [3.05, 3.63) is 35.9 Å². The summed E-state index contributed by atoms with van der Waals surface area (Å²) in [6, 6.07) is 9.38. The summed E-state index contributed by atoms with van der Waals surface area (Å²) >= 11 is 0. The molecular formula is C12H13N2O3-. The maximum Gasteiger partial charge on any atom is 0.320 e. The minimum Gasteiger partial charge on any atom is -0.548 e. The number of carboxylic acid groups (broad SMARTS) is 1. The molecule has 1 aliphatic heterocycles. The van der Waals surface area contributed by atoms with E-state index in [1.807, 2.05) is 30.3 Å². The Labute approximate surface area is 99.3 Å². The number of rotatable bonds is 4. The van der Waals surface area contributed by atoms with Crippen LogP contribution in [0, 0.1) is 0 Å². The number of hydrogen-bond donors (Lipinski definition) is 0. The summed E-state index contributed by atoms with van der Waals surface area (Å²) in [5, 5.41) is 10.4. The lowest BCUT2D eigenvalue weighted by Gasteiger charge is -2.18. The van der Waals surface area contributed by atoms with Gasteiger partial charge in [-0.2, -0.15) is 0 Å². The fraction of sp³-hybridized carbons (Fsp3) is 0.333. The number of urea groups is 1. The lowest BCUT2D eigenvalue weighted by molar-refractivity contribution is -0.305. The summed E-state index contributed by atoms with van der Waals surface area (Å²) in [4.78, 5) is 25.2. The van der Waals surface area contributed by atoms with E-state index in [4.69, 9.17) is 0 Å². The molecule has 0 atom stereocenters. The summed E-state index contributed by atoms with van der Waals surface area (Å²) in [5.41, 5.74) is 1.04. The molecule has 17 heavy (non-hydrogen) atoms. The molecule has 1 fully saturated rings. The van der Waals surface area contributed by atoms with Gasteiger partial charge >= 0.3 is 6.03 Å². The average molecular weight is 233 g/mol. The molecule has 0 radical (unpaired) electrons. The molecule has 0 saturated carbocycles. The van der Waals surface area contributed by atoms with Gasteiger partial charge in [-0.3, -0.25) is 0 Å². The SMILES string of the molecule is O=C([O-])CN1CCN(Cc2ccccc2)C1=O. The zero-order valence-electron chi connectivity index (χ0n) is 9.33. The van der Waals surface area contributed by atoms with Gasteiger partial charge in [0.05, 0.1) is 12.5 Å². The van der Waals surface area contributed by atoms with E-state index in [0.717, 1.165) is 5.56 Å². The fourth-order valence-electron chi connectivity index (χ4n) is 1.89. The third kappa shape index (κ3) is 2.75. The van der Waals surface area contributed by atoms with Gasteiger partial charge in [-0.25, -0.2) is 4.79 Å². The van der Waals surface area contributed by atoms with Crippen LogP contribution in [0.5, 0.6) is 0 Å². The van der Waals surface area contributed by atoms with E-state index in [1.54, 1.807) is 4.90 Å². The van der Waals surface area contributed by atoms with E-state index < -0.39 is 5.97 Å². The molecule has 5 heteroatoms. The summed E-state index contributed by atoms with van der Waals surface area (Å²) < 4.78 is 0. The Morgan fingerprint density at radius 2 is 1.82 bits per heavy atom. The second kappa shape index (κ2) is 4.86. The number of carboxylic acids is 1. The van der Waals surface area contributed by atoms with Crippen molar-refractivity contribution in [1.29, 1.82) is 0 Å². The maximum absolute atomic E-state index is 11.8. The van der Waals surface area contributed by atoms with Gasteiger partial charge in [0.2, 0.25) is 0 Å². The van der Waals surface area contributed by atoms with Crippen LogP contribution in [0.2, 0.25) is 0 Å². The van der Waals surface area contributed by atoms with Gasteiger partial charge in [0.15, 0.2) is 0 Å². The monoisotopic (exact) mass is 233 g/mol. The molecule has 1 saturated heterocycles. The first-order valence-corrected chi connectivity index (χ1v) is 5.44. The highest BCUT2D eigenvalue weighted by atomic mass is 16.4. The van der Waals surface area contributed by atoms with E-state index in [-0.39, 0.29) is 12.6 Å². The van der Waals surface area contributed by atoms with Gasteiger partial charge in [0.25, 0.3) is 0 Å². The Morgan fingerprint density at radius 1 is 1.18 bits per heavy atom. The van der Waals surface area contributed by atoms with Crippen LogP contribution in [0.3, 0.4) is 0 Å². The molecule has 2 rings (SSSR count). The zero-order chi connectivity index (χ0) is 12.3. The van der Waals surface area contributed by atoms with Crippen LogP contribution in [0.1, 0.15) is 5.56 Å². The number of amides is 2. The van der Waals surface area contributed by atoms with Crippen LogP contribution in [-0.2, 0) is 11.3 Å². The second-order valence-electron chi connectivity index (χ2n) is 3.98. The van der Waals surface area contributed by atoms with Crippen LogP contribution < -0.4 is 5.11 Å². The van der Waals surface area contributed by atoms with Gasteiger partial charge < -0.3 is 19.7 Å². The Bertz CT molecular complexity index is 419. The summed E-state index contributed by atoms with van der Waals surface area (Å²) in [5.74, 6) is -1.22. The van der Waals surface area contributed by atoms with E-state index >= 15 is 0 Å². The molecule has 1 heterocycles. The first-order chi connectivity index (χ1) is 8.16. The topological polar surface area (TPSA) is 63.7 Å². The molecular weight excluding hydrogens is 220 g/mol. The first kappa shape index (κ1) is 11.4. The highest BCUT2D eigenvalue weighted by Crippen LogP contribution is 2.12. The Hall–Kier alpha value is -2.04. The van der Waals surface area contributed by atoms with Crippen LogP contribution in [0.25, 0.3) is 0 Å². The molecule has 0 aromatic heterocycles. The van der Waals surface area contributed by atoms with Gasteiger partial charge in [0, 0.05) is 19.6 Å². The van der Waals surface area contributed by atoms with Crippen molar-refractivity contribution < 1.29 is 14.7 Å². The highest BCUT2D eigenvalue weighted by molar-refractivity contribution is 5.81. The van der Waals surface area contributed by atoms with Gasteiger partial charge in [0.1, 0.15) is 0 Å². The lowest BCUT2D eigenvalue weighted by Crippen LogP contribution is -2.40. The number of carbonyl (C=O) groups excluding carboxylic acids is 2. The third-order valence-corrected chi connectivity index (χ3v) is 2.72. The number of carbonyl (C=O) groups is 2. The van der Waals surface area contributed by atoms with Crippen molar-refractivity contribution in [3.63, 3.8) is 0 Å². The largest absolute Gasteiger partial charge is 0.548 e. The summed E-state index contributed by atoms with van der Waals surface area (Å²) in [6.07, 6.45) is 0. The quantitative estimate of drug-likeness (QED) is 0.715. The molecule has 0 unspecified atom stereocenters. The number of aliphatic carboxylic acids is 1. The van der Waals surface area contributed by atoms with E-state index in [0.29, 0.717) is 19.6 Å². The standard InChI is InChI=1S/C12H14N2O3/c15-11(16)9-14-7-6-13(12(14)17)8-10-4-2-1-3-5-10/h1-5H,6-9H2,(H,15,16)/p-1. The molecule has 2 amide bonds. The molecule has 90 valence electrons. The average Bonchev–Trinajstić information content (AvgIpc) is 2.62. The smallest absolute Gasteiger partial charge is 0.320 e. The van der Waals surface area contributed by atoms with Crippen LogP contribution in [0.4, 0.5) is 4.79 Å². The van der Waals surface area contributed by atoms with Gasteiger partial charge in [-0.15, -0.1) is 0 Å². The molecule has 5 nitrogen and oxygen atoms in total. The Kier molecular flexibility index (Phi) is 3.27. The number of benzene rings is 1. The molecule has 1 aromatic rings. The molecule has 1 aliphatic rings. The summed E-state index contributed by atoms with van der Waals surface area (Å²) in [6.45, 7) is 1.19. The lowest BCUT2D eigenvalue weighted by atomic mass is 10.2. The van der Waals surface area contributed by atoms with Crippen LogP contribution >= 0.6 is 0 Å². The van der Waals surface area contributed by atoms with Crippen molar-refractivity contribution >= 4 is 12.0 Å². The second-order valence-corrected chi connectivity index (χ2v) is 3.98. The normalized spacial score (nSPS) is 15.4. The van der Waals surface area contributed by atoms with Crippen LogP contribution in [-0.4, -0.2) is 41.4 Å². The molecule has 1 aromatic carbocycles. The van der Waals surface area contributed by atoms with Crippen molar-refractivity contribution in [1.82, 2.24) is 9.80 Å². The molecule has 0 bridgehead atoms. The highest BCUT2D eigenvalue weighted by Gasteiger charge is 2.27.